The fourth-order valence-corrected chi connectivity index (χ4v) is 2.77. The molecule has 2 heteroatoms. The van der Waals surface area contributed by atoms with Gasteiger partial charge in [-0.3, -0.25) is 4.90 Å². The lowest BCUT2D eigenvalue weighted by Crippen LogP contribution is -2.55. The first-order chi connectivity index (χ1) is 8.27. The van der Waals surface area contributed by atoms with E-state index in [4.69, 9.17) is 0 Å². The quantitative estimate of drug-likeness (QED) is 0.654. The van der Waals surface area contributed by atoms with Crippen molar-refractivity contribution in [2.24, 2.45) is 0 Å². The van der Waals surface area contributed by atoms with Crippen LogP contribution in [0.15, 0.2) is 0 Å². The highest BCUT2D eigenvalue weighted by atomic mass is 15.2. The van der Waals surface area contributed by atoms with Crippen LogP contribution in [0.5, 0.6) is 0 Å². The molecular weight excluding hydrogens is 208 g/mol. The molecular formula is C15H32N2. The molecule has 1 heterocycles. The van der Waals surface area contributed by atoms with Crippen LogP contribution in [0.1, 0.15) is 65.7 Å². The summed E-state index contributed by atoms with van der Waals surface area (Å²) < 4.78 is 0. The number of nitrogens with one attached hydrogen (secondary N) is 1. The Morgan fingerprint density at radius 3 is 2.53 bits per heavy atom. The predicted molar refractivity (Wildman–Crippen MR) is 76.5 cm³/mol. The Morgan fingerprint density at radius 2 is 1.82 bits per heavy atom. The van der Waals surface area contributed by atoms with Gasteiger partial charge in [-0.25, -0.2) is 0 Å². The van der Waals surface area contributed by atoms with Crippen molar-refractivity contribution < 1.29 is 0 Å². The second-order valence-electron chi connectivity index (χ2n) is 5.65. The van der Waals surface area contributed by atoms with E-state index in [0.29, 0.717) is 0 Å². The van der Waals surface area contributed by atoms with E-state index >= 15 is 0 Å². The molecule has 0 aromatic heterocycles. The Bertz CT molecular complexity index is 182. The van der Waals surface area contributed by atoms with Gasteiger partial charge in [0.2, 0.25) is 0 Å². The van der Waals surface area contributed by atoms with Gasteiger partial charge in [0.05, 0.1) is 0 Å². The minimum atomic E-state index is 0.731. The molecule has 17 heavy (non-hydrogen) atoms. The number of nitrogens with zero attached hydrogens (tertiary/aromatic N) is 1. The van der Waals surface area contributed by atoms with E-state index in [-0.39, 0.29) is 0 Å². The van der Waals surface area contributed by atoms with Crippen LogP contribution in [0.3, 0.4) is 0 Å². The van der Waals surface area contributed by atoms with Gasteiger partial charge in [0, 0.05) is 25.2 Å². The molecule has 0 aromatic rings. The summed E-state index contributed by atoms with van der Waals surface area (Å²) in [5, 5.41) is 3.67. The van der Waals surface area contributed by atoms with Crippen molar-refractivity contribution >= 4 is 0 Å². The maximum atomic E-state index is 3.67. The summed E-state index contributed by atoms with van der Waals surface area (Å²) in [7, 11) is 0. The molecule has 1 aliphatic heterocycles. The van der Waals surface area contributed by atoms with Crippen LogP contribution in [-0.2, 0) is 0 Å². The minimum Gasteiger partial charge on any atom is -0.311 e. The number of hydrogen-bond donors (Lipinski definition) is 1. The molecule has 0 aliphatic carbocycles. The van der Waals surface area contributed by atoms with Crippen LogP contribution in [0.25, 0.3) is 0 Å². The molecule has 0 amide bonds. The van der Waals surface area contributed by atoms with Crippen LogP contribution in [0.2, 0.25) is 0 Å². The van der Waals surface area contributed by atoms with Crippen molar-refractivity contribution in [2.75, 3.05) is 19.6 Å². The Balaban J connectivity index is 2.15. The maximum Gasteiger partial charge on any atom is 0.0195 e. The molecule has 0 saturated carbocycles. The van der Waals surface area contributed by atoms with Crippen LogP contribution in [-0.4, -0.2) is 36.6 Å². The molecule has 2 atom stereocenters. The summed E-state index contributed by atoms with van der Waals surface area (Å²) in [6.07, 6.45) is 9.63. The number of hydrogen-bond acceptors (Lipinski definition) is 2. The lowest BCUT2D eigenvalue weighted by molar-refractivity contribution is 0.134. The van der Waals surface area contributed by atoms with Crippen molar-refractivity contribution in [3.63, 3.8) is 0 Å². The summed E-state index contributed by atoms with van der Waals surface area (Å²) in [5.74, 6) is 0. The van der Waals surface area contributed by atoms with Gasteiger partial charge in [0.25, 0.3) is 0 Å². The van der Waals surface area contributed by atoms with E-state index < -0.39 is 0 Å². The van der Waals surface area contributed by atoms with Crippen molar-refractivity contribution in [3.8, 4) is 0 Å². The summed E-state index contributed by atoms with van der Waals surface area (Å²) in [6.45, 7) is 10.7. The molecule has 1 fully saturated rings. The van der Waals surface area contributed by atoms with E-state index in [1.165, 1.54) is 64.6 Å². The topological polar surface area (TPSA) is 15.3 Å². The van der Waals surface area contributed by atoms with Crippen LogP contribution in [0, 0.1) is 0 Å². The molecule has 0 aromatic carbocycles. The molecule has 1 N–H and O–H groups in total. The highest BCUT2D eigenvalue weighted by Crippen LogP contribution is 2.12. The molecule has 2 unspecified atom stereocenters. The van der Waals surface area contributed by atoms with Gasteiger partial charge in [-0.05, 0) is 26.3 Å². The summed E-state index contributed by atoms with van der Waals surface area (Å²) in [5.41, 5.74) is 0. The van der Waals surface area contributed by atoms with E-state index in [1.54, 1.807) is 0 Å². The highest BCUT2D eigenvalue weighted by molar-refractivity contribution is 4.83. The van der Waals surface area contributed by atoms with E-state index in [2.05, 4.69) is 31.0 Å². The zero-order valence-corrected chi connectivity index (χ0v) is 12.2. The first-order valence-electron chi connectivity index (χ1n) is 7.75. The first kappa shape index (κ1) is 15.0. The van der Waals surface area contributed by atoms with Crippen molar-refractivity contribution in [2.45, 2.75) is 77.8 Å². The van der Waals surface area contributed by atoms with Crippen molar-refractivity contribution in [1.82, 2.24) is 10.2 Å². The van der Waals surface area contributed by atoms with Crippen LogP contribution < -0.4 is 5.32 Å². The Kier molecular flexibility index (Phi) is 7.87. The molecule has 1 rings (SSSR count). The molecule has 0 spiro atoms. The molecule has 0 radical (unpaired) electrons. The maximum absolute atomic E-state index is 3.67. The van der Waals surface area contributed by atoms with Crippen LogP contribution >= 0.6 is 0 Å². The smallest absolute Gasteiger partial charge is 0.0195 e. The van der Waals surface area contributed by atoms with E-state index in [9.17, 15) is 0 Å². The molecule has 1 aliphatic rings. The number of rotatable bonds is 8. The average molecular weight is 240 g/mol. The summed E-state index contributed by atoms with van der Waals surface area (Å²) in [6, 6.07) is 1.47. The largest absolute Gasteiger partial charge is 0.311 e. The fourth-order valence-electron chi connectivity index (χ4n) is 2.77. The van der Waals surface area contributed by atoms with Crippen molar-refractivity contribution in [3.05, 3.63) is 0 Å². The SMILES string of the molecule is CCCCCCCN1CC(CCC)NCC1C. The standard InChI is InChI=1S/C15H32N2/c1-4-6-7-8-9-11-17-13-15(10-5-2)16-12-14(17)3/h14-16H,4-13H2,1-3H3. The fraction of sp³-hybridized carbons (Fsp3) is 1.00. The second kappa shape index (κ2) is 8.93. The molecule has 1 saturated heterocycles. The average Bonchev–Trinajstić information content (AvgIpc) is 2.33. The Morgan fingerprint density at radius 1 is 1.06 bits per heavy atom. The van der Waals surface area contributed by atoms with E-state index in [1.807, 2.05) is 0 Å². The lowest BCUT2D eigenvalue weighted by Gasteiger charge is -2.39. The Hall–Kier alpha value is -0.0800. The van der Waals surface area contributed by atoms with E-state index in [0.717, 1.165) is 12.1 Å². The zero-order valence-electron chi connectivity index (χ0n) is 12.2. The lowest BCUT2D eigenvalue weighted by atomic mass is 10.1. The number of piperazine rings is 1. The van der Waals surface area contributed by atoms with Gasteiger partial charge in [0.15, 0.2) is 0 Å². The first-order valence-corrected chi connectivity index (χ1v) is 7.75. The summed E-state index contributed by atoms with van der Waals surface area (Å²) >= 11 is 0. The highest BCUT2D eigenvalue weighted by Gasteiger charge is 2.23. The van der Waals surface area contributed by atoms with Gasteiger partial charge in [-0.15, -0.1) is 0 Å². The van der Waals surface area contributed by atoms with Gasteiger partial charge in [-0.1, -0.05) is 46.0 Å². The van der Waals surface area contributed by atoms with Gasteiger partial charge in [0.1, 0.15) is 0 Å². The van der Waals surface area contributed by atoms with Crippen LogP contribution in [0.4, 0.5) is 0 Å². The van der Waals surface area contributed by atoms with Gasteiger partial charge >= 0.3 is 0 Å². The van der Waals surface area contributed by atoms with Gasteiger partial charge < -0.3 is 5.32 Å². The monoisotopic (exact) mass is 240 g/mol. The van der Waals surface area contributed by atoms with Crippen molar-refractivity contribution in [1.29, 1.82) is 0 Å². The third-order valence-corrected chi connectivity index (χ3v) is 3.97. The molecule has 0 bridgehead atoms. The Labute approximate surface area is 108 Å². The third-order valence-electron chi connectivity index (χ3n) is 3.97. The summed E-state index contributed by atoms with van der Waals surface area (Å²) in [4.78, 5) is 2.70. The van der Waals surface area contributed by atoms with Gasteiger partial charge in [-0.2, -0.15) is 0 Å². The normalized spacial score (nSPS) is 26.3. The second-order valence-corrected chi connectivity index (χ2v) is 5.65. The third kappa shape index (κ3) is 5.87. The minimum absolute atomic E-state index is 0.731. The molecule has 2 nitrogen and oxygen atoms in total. The molecule has 102 valence electrons. The zero-order chi connectivity index (χ0) is 12.5. The predicted octanol–water partition coefficient (Wildman–Crippen LogP) is 3.42. The number of unbranched alkanes of at least 4 members (excludes halogenated alkanes) is 4.